The maximum absolute atomic E-state index is 4.58. The van der Waals surface area contributed by atoms with Crippen LogP contribution in [-0.4, -0.2) is 41.3 Å². The Balaban J connectivity index is 1.33. The third kappa shape index (κ3) is 6.05. The summed E-state index contributed by atoms with van der Waals surface area (Å²) in [6.45, 7) is 6.31. The van der Waals surface area contributed by atoms with Gasteiger partial charge in [-0.15, -0.1) is 0 Å². The Hall–Kier alpha value is -1.58. The van der Waals surface area contributed by atoms with Crippen molar-refractivity contribution in [2.24, 2.45) is 0 Å². The monoisotopic (exact) mass is 768 g/mol. The predicted molar refractivity (Wildman–Crippen MR) is 123 cm³/mol. The Kier molecular flexibility index (Phi) is 8.48. The van der Waals surface area contributed by atoms with Gasteiger partial charge >= 0.3 is 212 Å². The molecule has 0 amide bonds. The molecule has 4 N–H and O–H groups in total. The predicted octanol–water partition coefficient (Wildman–Crippen LogP) is 3.15. The number of nitrogens with one attached hydrogen (secondary N) is 4. The Labute approximate surface area is 211 Å². The molecule has 6 nitrogen and oxygen atoms in total. The molecule has 0 aliphatic carbocycles. The summed E-state index contributed by atoms with van der Waals surface area (Å²) < 4.78 is 3.40. The average molecular weight is 768 g/mol. The molecule has 4 rings (SSSR count). The van der Waals surface area contributed by atoms with Crippen molar-refractivity contribution < 1.29 is 38.7 Å². The molecule has 2 unspecified atom stereocenters. The van der Waals surface area contributed by atoms with E-state index in [1.54, 1.807) is 0 Å². The number of allylic oxidation sites excluding steroid dienone is 7. The van der Waals surface area contributed by atoms with Gasteiger partial charge in [0.15, 0.2) is 0 Å². The molecule has 0 spiro atoms. The van der Waals surface area contributed by atoms with E-state index in [0.717, 1.165) is 60.1 Å². The zero-order valence-corrected chi connectivity index (χ0v) is 23.8. The van der Waals surface area contributed by atoms with Crippen LogP contribution in [-0.2, 0) is 38.7 Å². The summed E-state index contributed by atoms with van der Waals surface area (Å²) >= 11 is 2.81. The zero-order chi connectivity index (χ0) is 22.3. The average Bonchev–Trinajstić information content (AvgIpc) is 3.60. The first-order valence-corrected chi connectivity index (χ1v) is 14.1. The van der Waals surface area contributed by atoms with E-state index in [4.69, 9.17) is 0 Å². The van der Waals surface area contributed by atoms with Gasteiger partial charge < -0.3 is 0 Å². The Morgan fingerprint density at radius 2 is 1.56 bits per heavy atom. The summed E-state index contributed by atoms with van der Waals surface area (Å²) in [7, 11) is 0. The van der Waals surface area contributed by atoms with Gasteiger partial charge in [-0.2, -0.15) is 0 Å². The second-order valence-corrected chi connectivity index (χ2v) is 10.5. The molecular weight excluding hydrogens is 740 g/mol. The molecule has 2 saturated heterocycles. The summed E-state index contributed by atoms with van der Waals surface area (Å²) in [5.74, 6) is 2.08. The van der Waals surface area contributed by atoms with Crippen LogP contribution < -0.4 is 10.6 Å². The molecule has 0 radical (unpaired) electrons. The Bertz CT molecular complexity index is 1060. The van der Waals surface area contributed by atoms with E-state index < -0.39 is 0 Å². The van der Waals surface area contributed by atoms with Crippen molar-refractivity contribution in [3.05, 3.63) is 78.0 Å². The first-order valence-electron chi connectivity index (χ1n) is 11.0. The van der Waals surface area contributed by atoms with E-state index in [2.05, 4.69) is 65.9 Å². The zero-order valence-electron chi connectivity index (χ0n) is 17.9. The van der Waals surface area contributed by atoms with E-state index in [9.17, 15) is 0 Å². The first-order chi connectivity index (χ1) is 15.6. The molecule has 2 aliphatic rings. The van der Waals surface area contributed by atoms with Gasteiger partial charge in [0.25, 0.3) is 0 Å². The maximum atomic E-state index is 4.58. The molecule has 0 aromatic carbocycles. The molecule has 0 saturated carbocycles. The molecule has 2 atom stereocenters. The van der Waals surface area contributed by atoms with Gasteiger partial charge in [0, 0.05) is 0 Å². The molecule has 2 aromatic heterocycles. The standard InChI is InChI=1S/C24H28N6.2W/c1-17(8-4-10-19-15-27-23(29-19)20-11-5-13-25-20)7-3-9-18(2)22-16-28-24(30-22)21-12-6-14-26-21;;/h2-4,7-9,15-16,20-21,25-26H,1,5-6,11-14H2,(H,27,29)(H,28,30);;/b7-3?,8-4-,18-9+;;. The topological polar surface area (TPSA) is 81.4 Å². The van der Waals surface area contributed by atoms with Crippen molar-refractivity contribution in [3.8, 4) is 0 Å². The normalized spacial score (nSPS) is 21.7. The summed E-state index contributed by atoms with van der Waals surface area (Å²) in [5, 5.41) is 6.98. The van der Waals surface area contributed by atoms with E-state index in [1.165, 1.54) is 55.4 Å². The summed E-state index contributed by atoms with van der Waals surface area (Å²) in [4.78, 5) is 16.1. The number of hydrogen-bond donors (Lipinski definition) is 4. The molecule has 32 heavy (non-hydrogen) atoms. The van der Waals surface area contributed by atoms with Crippen molar-refractivity contribution in [1.29, 1.82) is 0 Å². The van der Waals surface area contributed by atoms with Gasteiger partial charge in [-0.05, 0) is 0 Å². The van der Waals surface area contributed by atoms with Crippen molar-refractivity contribution in [1.82, 2.24) is 30.6 Å². The van der Waals surface area contributed by atoms with Crippen LogP contribution in [0.15, 0.2) is 54.9 Å². The van der Waals surface area contributed by atoms with Crippen LogP contribution in [0.1, 0.15) is 60.8 Å². The summed E-state index contributed by atoms with van der Waals surface area (Å²) in [5.41, 5.74) is 4.27. The number of hydrogen-bond acceptors (Lipinski definition) is 4. The SMILES string of the molecule is C=C(C=C/C=C(\[CH]=[W])c1cnc(C2CCCN2)[nH]1)/C=C\[C](=[W])c1cnc(C2CCCN2)[nH]1. The fraction of sp³-hybridized carbons (Fsp3) is 0.333. The van der Waals surface area contributed by atoms with Crippen molar-refractivity contribution >= 4 is 13.9 Å². The van der Waals surface area contributed by atoms with Crippen LogP contribution >= 0.6 is 0 Å². The van der Waals surface area contributed by atoms with Gasteiger partial charge in [-0.3, -0.25) is 0 Å². The van der Waals surface area contributed by atoms with Gasteiger partial charge in [-0.1, -0.05) is 0 Å². The molecule has 0 bridgehead atoms. The second-order valence-electron chi connectivity index (χ2n) is 8.03. The molecule has 2 aromatic rings. The third-order valence-electron chi connectivity index (χ3n) is 5.71. The first kappa shape index (κ1) is 23.6. The van der Waals surface area contributed by atoms with Crippen molar-refractivity contribution in [3.63, 3.8) is 0 Å². The van der Waals surface area contributed by atoms with Crippen LogP contribution in [0.4, 0.5) is 0 Å². The quantitative estimate of drug-likeness (QED) is 0.296. The van der Waals surface area contributed by atoms with E-state index in [-0.39, 0.29) is 0 Å². The number of aromatic amines is 2. The second kappa shape index (κ2) is 11.5. The number of aromatic nitrogens is 4. The Morgan fingerprint density at radius 3 is 2.16 bits per heavy atom. The van der Waals surface area contributed by atoms with Gasteiger partial charge in [0.2, 0.25) is 0 Å². The van der Waals surface area contributed by atoms with Gasteiger partial charge in [0.05, 0.1) is 0 Å². The fourth-order valence-corrected chi connectivity index (χ4v) is 5.29. The van der Waals surface area contributed by atoms with E-state index >= 15 is 0 Å². The van der Waals surface area contributed by atoms with E-state index in [0.29, 0.717) is 12.1 Å². The minimum atomic E-state index is 0.358. The van der Waals surface area contributed by atoms with Crippen LogP contribution in [0.3, 0.4) is 0 Å². The summed E-state index contributed by atoms with van der Waals surface area (Å²) in [6, 6.07) is 0.726. The van der Waals surface area contributed by atoms with Crippen molar-refractivity contribution in [2.75, 3.05) is 13.1 Å². The molecular formula is C24H28N6W2. The Morgan fingerprint density at radius 1 is 0.938 bits per heavy atom. The third-order valence-corrected chi connectivity index (χ3v) is 7.90. The number of imidazole rings is 2. The van der Waals surface area contributed by atoms with Crippen LogP contribution in [0.5, 0.6) is 0 Å². The fourth-order valence-electron chi connectivity index (χ4n) is 3.93. The molecule has 4 heterocycles. The minimum absolute atomic E-state index is 0.358. The van der Waals surface area contributed by atoms with Crippen LogP contribution in [0.25, 0.3) is 5.57 Å². The van der Waals surface area contributed by atoms with Crippen LogP contribution in [0, 0.1) is 0 Å². The van der Waals surface area contributed by atoms with Gasteiger partial charge in [0.1, 0.15) is 0 Å². The molecule has 166 valence electrons. The summed E-state index contributed by atoms with van der Waals surface area (Å²) in [6.07, 6.45) is 19.0. The van der Waals surface area contributed by atoms with Crippen molar-refractivity contribution in [2.45, 2.75) is 37.8 Å². The number of rotatable bonds is 9. The number of nitrogens with zero attached hydrogens (tertiary/aromatic N) is 2. The van der Waals surface area contributed by atoms with Gasteiger partial charge in [-0.25, -0.2) is 0 Å². The molecule has 8 heteroatoms. The molecule has 2 aliphatic heterocycles. The molecule has 2 fully saturated rings. The number of H-pyrrole nitrogens is 2. The van der Waals surface area contributed by atoms with E-state index in [1.807, 2.05) is 18.5 Å². The van der Waals surface area contributed by atoms with Crippen LogP contribution in [0.2, 0.25) is 0 Å².